The van der Waals surface area contributed by atoms with Gasteiger partial charge >= 0.3 is 0 Å². The van der Waals surface area contributed by atoms with E-state index < -0.39 is 30.1 Å². The van der Waals surface area contributed by atoms with Crippen LogP contribution in [0.5, 0.6) is 11.5 Å². The number of benzene rings is 1. The minimum absolute atomic E-state index is 0.0406. The van der Waals surface area contributed by atoms with Gasteiger partial charge in [-0.1, -0.05) is 31.8 Å². The van der Waals surface area contributed by atoms with E-state index in [1.165, 1.54) is 7.11 Å². The van der Waals surface area contributed by atoms with Crippen molar-refractivity contribution in [3.05, 3.63) is 47.6 Å². The summed E-state index contributed by atoms with van der Waals surface area (Å²) >= 11 is 0. The van der Waals surface area contributed by atoms with Gasteiger partial charge in [0.15, 0.2) is 11.5 Å². The molecule has 218 valence electrons. The number of methoxy groups -OCH3 is 1. The number of rotatable bonds is 12. The number of nitrogens with zero attached hydrogens (tertiary/aromatic N) is 1. The second-order valence-electron chi connectivity index (χ2n) is 10.9. The van der Waals surface area contributed by atoms with Gasteiger partial charge in [-0.3, -0.25) is 14.4 Å². The maximum absolute atomic E-state index is 13.8. The lowest BCUT2D eigenvalue weighted by atomic mass is 9.76. The number of aliphatic hydroxyl groups is 2. The zero-order chi connectivity index (χ0) is 28.6. The van der Waals surface area contributed by atoms with Crippen molar-refractivity contribution in [1.29, 1.82) is 0 Å². The molecule has 0 radical (unpaired) electrons. The number of hydrogen-bond acceptors (Lipinski definition) is 7. The highest BCUT2D eigenvalue weighted by Crippen LogP contribution is 2.51. The average Bonchev–Trinajstić information content (AvgIpc) is 3.15. The maximum atomic E-state index is 13.8. The highest BCUT2D eigenvalue weighted by atomic mass is 16.5. The molecule has 0 spiro atoms. The van der Waals surface area contributed by atoms with Gasteiger partial charge < -0.3 is 29.9 Å². The van der Waals surface area contributed by atoms with Crippen LogP contribution >= 0.6 is 0 Å². The van der Waals surface area contributed by atoms with Crippen molar-refractivity contribution in [3.8, 4) is 11.5 Å². The van der Waals surface area contributed by atoms with Gasteiger partial charge in [0.05, 0.1) is 25.7 Å². The average molecular weight is 555 g/mol. The van der Waals surface area contributed by atoms with E-state index in [0.717, 1.165) is 51.4 Å². The number of aliphatic hydroxyl groups excluding tert-OH is 2. The molecule has 1 aromatic carbocycles. The predicted octanol–water partition coefficient (Wildman–Crippen LogP) is 3.43. The second-order valence-corrected chi connectivity index (χ2v) is 10.9. The number of allylic oxidation sites excluding steroid dienone is 1. The Bertz CT molecular complexity index is 1110. The van der Waals surface area contributed by atoms with Crippen LogP contribution in [0.25, 0.3) is 0 Å². The van der Waals surface area contributed by atoms with Gasteiger partial charge in [-0.2, -0.15) is 0 Å². The van der Waals surface area contributed by atoms with Crippen LogP contribution in [0.15, 0.2) is 36.4 Å². The number of carbonyl (C=O) groups excluding carboxylic acids is 3. The Morgan fingerprint density at radius 2 is 1.95 bits per heavy atom. The molecule has 0 aromatic heterocycles. The summed E-state index contributed by atoms with van der Waals surface area (Å²) < 4.78 is 11.8. The number of unbranched alkanes of at least 4 members (excludes halogenated alkanes) is 2. The molecule has 3 aliphatic rings. The van der Waals surface area contributed by atoms with Gasteiger partial charge in [0, 0.05) is 35.7 Å². The van der Waals surface area contributed by atoms with Gasteiger partial charge in [0.25, 0.3) is 0 Å². The van der Waals surface area contributed by atoms with Crippen molar-refractivity contribution in [2.24, 2.45) is 0 Å². The van der Waals surface area contributed by atoms with Crippen molar-refractivity contribution in [3.63, 3.8) is 0 Å². The minimum Gasteiger partial charge on any atom is -0.493 e. The van der Waals surface area contributed by atoms with Crippen LogP contribution in [-0.2, 0) is 9.59 Å². The van der Waals surface area contributed by atoms with E-state index in [2.05, 4.69) is 11.9 Å². The molecule has 4 rings (SSSR count). The standard InChI is InChI=1S/C31H42N2O7/c1-3-4-5-10-13-26(36)33(21-11-8-6-7-9-12-21)24-18-23(31(38)32-14-15-34)27-22-16-20(19-35)17-25(39-2)29(22)40-30(27)28(24)37/h3,16-19,21,24,27-28,30,34,37H,1,4-15H2,2H3,(H,32,38). The Morgan fingerprint density at radius 1 is 1.20 bits per heavy atom. The normalized spacial score (nSPS) is 24.0. The van der Waals surface area contributed by atoms with Gasteiger partial charge in [0.1, 0.15) is 18.5 Å². The van der Waals surface area contributed by atoms with E-state index in [1.807, 2.05) is 11.0 Å². The van der Waals surface area contributed by atoms with Gasteiger partial charge in [-0.05, 0) is 50.3 Å². The monoisotopic (exact) mass is 554 g/mol. The number of carbonyl (C=O) groups is 3. The molecule has 1 saturated carbocycles. The largest absolute Gasteiger partial charge is 0.493 e. The molecular formula is C31H42N2O7. The fraction of sp³-hybridized carbons (Fsp3) is 0.581. The van der Waals surface area contributed by atoms with Gasteiger partial charge in [0.2, 0.25) is 11.8 Å². The number of nitrogens with one attached hydrogen (secondary N) is 1. The van der Waals surface area contributed by atoms with Crippen LogP contribution in [0.1, 0.15) is 86.0 Å². The molecule has 1 aromatic rings. The summed E-state index contributed by atoms with van der Waals surface area (Å²) in [6.45, 7) is 3.59. The first-order chi connectivity index (χ1) is 19.4. The molecule has 40 heavy (non-hydrogen) atoms. The lowest BCUT2D eigenvalue weighted by Gasteiger charge is -2.44. The van der Waals surface area contributed by atoms with Crippen LogP contribution in [-0.4, -0.2) is 77.8 Å². The third kappa shape index (κ3) is 6.25. The van der Waals surface area contributed by atoms with Crippen molar-refractivity contribution in [2.75, 3.05) is 20.3 Å². The molecule has 4 atom stereocenters. The Morgan fingerprint density at radius 3 is 2.60 bits per heavy atom. The second kappa shape index (κ2) is 13.9. The van der Waals surface area contributed by atoms with Crippen molar-refractivity contribution in [2.45, 2.75) is 94.4 Å². The number of hydrogen-bond donors (Lipinski definition) is 3. The van der Waals surface area contributed by atoms with Crippen LogP contribution in [0.3, 0.4) is 0 Å². The highest BCUT2D eigenvalue weighted by Gasteiger charge is 2.52. The van der Waals surface area contributed by atoms with Crippen molar-refractivity contribution >= 4 is 18.1 Å². The topological polar surface area (TPSA) is 125 Å². The Balaban J connectivity index is 1.77. The molecule has 1 heterocycles. The number of amides is 2. The molecule has 2 amide bonds. The first kappa shape index (κ1) is 29.8. The van der Waals surface area contributed by atoms with Crippen molar-refractivity contribution < 1.29 is 34.1 Å². The van der Waals surface area contributed by atoms with E-state index in [1.54, 1.807) is 18.2 Å². The smallest absolute Gasteiger partial charge is 0.247 e. The fourth-order valence-corrected chi connectivity index (χ4v) is 6.37. The summed E-state index contributed by atoms with van der Waals surface area (Å²) in [6.07, 6.45) is 10.9. The fourth-order valence-electron chi connectivity index (χ4n) is 6.37. The van der Waals surface area contributed by atoms with Crippen molar-refractivity contribution in [1.82, 2.24) is 10.2 Å². The van der Waals surface area contributed by atoms with Crippen LogP contribution in [0, 0.1) is 0 Å². The first-order valence-electron chi connectivity index (χ1n) is 14.5. The molecule has 0 saturated heterocycles. The molecule has 1 aliphatic heterocycles. The molecule has 2 aliphatic carbocycles. The number of fused-ring (bicyclic) bond motifs is 3. The van der Waals surface area contributed by atoms with E-state index in [4.69, 9.17) is 9.47 Å². The molecule has 3 N–H and O–H groups in total. The lowest BCUT2D eigenvalue weighted by Crippen LogP contribution is -2.58. The summed E-state index contributed by atoms with van der Waals surface area (Å²) in [4.78, 5) is 40.8. The molecule has 9 heteroatoms. The minimum atomic E-state index is -1.11. The van der Waals surface area contributed by atoms with E-state index in [0.29, 0.717) is 47.3 Å². The number of ether oxygens (including phenoxy) is 2. The highest BCUT2D eigenvalue weighted by molar-refractivity contribution is 5.96. The summed E-state index contributed by atoms with van der Waals surface area (Å²) in [6, 6.07) is 2.40. The summed E-state index contributed by atoms with van der Waals surface area (Å²) in [5, 5.41) is 23.9. The van der Waals surface area contributed by atoms with E-state index >= 15 is 0 Å². The third-order valence-electron chi connectivity index (χ3n) is 8.29. The number of aldehydes is 1. The first-order valence-corrected chi connectivity index (χ1v) is 14.5. The van der Waals surface area contributed by atoms with E-state index in [-0.39, 0.29) is 25.1 Å². The van der Waals surface area contributed by atoms with Crippen LogP contribution < -0.4 is 14.8 Å². The molecular weight excluding hydrogens is 512 g/mol. The van der Waals surface area contributed by atoms with E-state index in [9.17, 15) is 24.6 Å². The summed E-state index contributed by atoms with van der Waals surface area (Å²) in [5.41, 5.74) is 1.28. The lowest BCUT2D eigenvalue weighted by molar-refractivity contribution is -0.141. The summed E-state index contributed by atoms with van der Waals surface area (Å²) in [5.74, 6) is -0.409. The van der Waals surface area contributed by atoms with Gasteiger partial charge in [-0.25, -0.2) is 0 Å². The molecule has 1 fully saturated rings. The quantitative estimate of drug-likeness (QED) is 0.156. The Hall–Kier alpha value is -3.17. The summed E-state index contributed by atoms with van der Waals surface area (Å²) in [7, 11) is 1.47. The zero-order valence-electron chi connectivity index (χ0n) is 23.3. The molecule has 4 unspecified atom stereocenters. The predicted molar refractivity (Wildman–Crippen MR) is 151 cm³/mol. The van der Waals surface area contributed by atoms with Gasteiger partial charge in [-0.15, -0.1) is 6.58 Å². The Labute approximate surface area is 236 Å². The van der Waals surface area contributed by atoms with Crippen LogP contribution in [0.2, 0.25) is 0 Å². The Kier molecular flexibility index (Phi) is 10.4. The third-order valence-corrected chi connectivity index (χ3v) is 8.29. The molecule has 0 bridgehead atoms. The van der Waals surface area contributed by atoms with Crippen LogP contribution in [0.4, 0.5) is 0 Å². The zero-order valence-corrected chi connectivity index (χ0v) is 23.3. The maximum Gasteiger partial charge on any atom is 0.247 e. The molecule has 9 nitrogen and oxygen atoms in total. The SMILES string of the molecule is C=CCCCCC(=O)N(C1CCCCCC1)C1C=C(C(=O)NCCO)C2c3cc(C=O)cc(OC)c3OC2C1O.